The zero-order chi connectivity index (χ0) is 17.1. The van der Waals surface area contributed by atoms with E-state index in [-0.39, 0.29) is 5.91 Å². The molecule has 1 amide bonds. The number of fused-ring (bicyclic) bond motifs is 1. The summed E-state index contributed by atoms with van der Waals surface area (Å²) >= 11 is 0. The summed E-state index contributed by atoms with van der Waals surface area (Å²) in [5.41, 5.74) is 2.22. The van der Waals surface area contributed by atoms with Crippen molar-refractivity contribution in [2.75, 3.05) is 26.8 Å². The number of ether oxygens (including phenoxy) is 1. The van der Waals surface area contributed by atoms with E-state index in [0.717, 1.165) is 50.3 Å². The maximum Gasteiger partial charge on any atom is 0.255 e. The minimum absolute atomic E-state index is 0.00861. The van der Waals surface area contributed by atoms with Gasteiger partial charge in [-0.3, -0.25) is 4.79 Å². The van der Waals surface area contributed by atoms with Crippen molar-refractivity contribution >= 4 is 17.1 Å². The van der Waals surface area contributed by atoms with Crippen LogP contribution in [0.15, 0.2) is 18.6 Å². The van der Waals surface area contributed by atoms with Gasteiger partial charge < -0.3 is 14.2 Å². The van der Waals surface area contributed by atoms with Gasteiger partial charge in [-0.2, -0.15) is 0 Å². The Morgan fingerprint density at radius 3 is 2.83 bits per heavy atom. The lowest BCUT2D eigenvalue weighted by molar-refractivity contribution is 0.0497. The van der Waals surface area contributed by atoms with Gasteiger partial charge in [-0.25, -0.2) is 9.97 Å². The Hall–Kier alpha value is -1.95. The fraction of sp³-hybridized carbons (Fsp3) is 0.611. The van der Waals surface area contributed by atoms with Crippen LogP contribution in [0.2, 0.25) is 0 Å². The van der Waals surface area contributed by atoms with Crippen LogP contribution in [0.4, 0.5) is 0 Å². The third kappa shape index (κ3) is 3.75. The van der Waals surface area contributed by atoms with Crippen LogP contribution in [0.5, 0.6) is 0 Å². The van der Waals surface area contributed by atoms with Crippen LogP contribution in [-0.2, 0) is 11.3 Å². The predicted molar refractivity (Wildman–Crippen MR) is 92.9 cm³/mol. The molecule has 1 saturated heterocycles. The predicted octanol–water partition coefficient (Wildman–Crippen LogP) is 2.59. The van der Waals surface area contributed by atoms with Crippen LogP contribution < -0.4 is 0 Å². The largest absolute Gasteiger partial charge is 0.381 e. The van der Waals surface area contributed by atoms with Crippen molar-refractivity contribution in [3.8, 4) is 0 Å². The molecule has 6 nitrogen and oxygen atoms in total. The van der Waals surface area contributed by atoms with E-state index in [0.29, 0.717) is 17.4 Å². The molecule has 1 aliphatic heterocycles. The second-order valence-electron chi connectivity index (χ2n) is 7.10. The summed E-state index contributed by atoms with van der Waals surface area (Å²) in [6.07, 6.45) is 5.52. The van der Waals surface area contributed by atoms with Gasteiger partial charge >= 0.3 is 0 Å². The number of imidazole rings is 1. The Balaban J connectivity index is 1.72. The summed E-state index contributed by atoms with van der Waals surface area (Å²) < 4.78 is 7.42. The van der Waals surface area contributed by atoms with Gasteiger partial charge in [-0.1, -0.05) is 13.8 Å². The first-order valence-electron chi connectivity index (χ1n) is 8.68. The molecule has 3 rings (SSSR count). The highest BCUT2D eigenvalue weighted by molar-refractivity contribution is 5.96. The summed E-state index contributed by atoms with van der Waals surface area (Å²) in [5, 5.41) is 0. The fourth-order valence-electron chi connectivity index (χ4n) is 3.21. The second kappa shape index (κ2) is 7.30. The highest BCUT2D eigenvalue weighted by atomic mass is 16.5. The summed E-state index contributed by atoms with van der Waals surface area (Å²) in [5.74, 6) is 1.06. The Kier molecular flexibility index (Phi) is 5.14. The molecule has 0 aromatic carbocycles. The summed E-state index contributed by atoms with van der Waals surface area (Å²) in [6.45, 7) is 7.56. The van der Waals surface area contributed by atoms with E-state index in [1.54, 1.807) is 17.4 Å². The molecule has 6 heteroatoms. The van der Waals surface area contributed by atoms with Gasteiger partial charge in [0.1, 0.15) is 5.52 Å². The molecule has 0 saturated carbocycles. The third-order valence-electron chi connectivity index (χ3n) is 4.48. The van der Waals surface area contributed by atoms with E-state index in [1.807, 2.05) is 17.7 Å². The second-order valence-corrected chi connectivity index (χ2v) is 7.10. The lowest BCUT2D eigenvalue weighted by atomic mass is 9.99. The van der Waals surface area contributed by atoms with Gasteiger partial charge in [-0.15, -0.1) is 0 Å². The van der Waals surface area contributed by atoms with Crippen molar-refractivity contribution in [1.82, 2.24) is 19.4 Å². The van der Waals surface area contributed by atoms with Gasteiger partial charge in [0, 0.05) is 39.5 Å². The van der Waals surface area contributed by atoms with Crippen molar-refractivity contribution in [3.05, 3.63) is 24.2 Å². The minimum atomic E-state index is 0.00861. The molecule has 1 aliphatic rings. The van der Waals surface area contributed by atoms with E-state index in [4.69, 9.17) is 4.74 Å². The monoisotopic (exact) mass is 330 g/mol. The number of pyridine rings is 1. The zero-order valence-corrected chi connectivity index (χ0v) is 14.7. The molecule has 2 aromatic rings. The highest BCUT2D eigenvalue weighted by Crippen LogP contribution is 2.18. The molecule has 0 bridgehead atoms. The van der Waals surface area contributed by atoms with Crippen LogP contribution in [0.1, 0.15) is 37.0 Å². The van der Waals surface area contributed by atoms with Crippen molar-refractivity contribution < 1.29 is 9.53 Å². The number of amides is 1. The van der Waals surface area contributed by atoms with E-state index in [9.17, 15) is 4.79 Å². The number of aromatic nitrogens is 3. The number of rotatable bonds is 5. The molecule has 0 N–H and O–H groups in total. The molecule has 24 heavy (non-hydrogen) atoms. The quantitative estimate of drug-likeness (QED) is 0.845. The molecular formula is C18H26N4O2. The molecule has 130 valence electrons. The molecule has 0 spiro atoms. The van der Waals surface area contributed by atoms with E-state index in [1.165, 1.54) is 0 Å². The molecule has 3 heterocycles. The topological polar surface area (TPSA) is 60.2 Å². The lowest BCUT2D eigenvalue weighted by Crippen LogP contribution is -2.34. The third-order valence-corrected chi connectivity index (χ3v) is 4.48. The van der Waals surface area contributed by atoms with Gasteiger partial charge in [0.25, 0.3) is 5.91 Å². The molecule has 2 aromatic heterocycles. The minimum Gasteiger partial charge on any atom is -0.381 e. The molecular weight excluding hydrogens is 304 g/mol. The van der Waals surface area contributed by atoms with Gasteiger partial charge in [0.2, 0.25) is 0 Å². The first-order chi connectivity index (χ1) is 11.5. The number of carbonyl (C=O) groups is 1. The summed E-state index contributed by atoms with van der Waals surface area (Å²) in [4.78, 5) is 23.3. The van der Waals surface area contributed by atoms with Crippen LogP contribution in [0, 0.1) is 11.8 Å². The SMILES string of the molecule is CC(C)Cn1cnc2cc(C(=O)N(C)CC3CCOCC3)cnc21. The molecule has 0 unspecified atom stereocenters. The van der Waals surface area contributed by atoms with Crippen molar-refractivity contribution in [3.63, 3.8) is 0 Å². The Morgan fingerprint density at radius 1 is 1.38 bits per heavy atom. The van der Waals surface area contributed by atoms with Crippen molar-refractivity contribution in [2.24, 2.45) is 11.8 Å². The number of carbonyl (C=O) groups excluding carboxylic acids is 1. The van der Waals surface area contributed by atoms with E-state index >= 15 is 0 Å². The molecule has 0 radical (unpaired) electrons. The number of nitrogens with zero attached hydrogens (tertiary/aromatic N) is 4. The van der Waals surface area contributed by atoms with Crippen LogP contribution in [0.25, 0.3) is 11.2 Å². The van der Waals surface area contributed by atoms with Crippen LogP contribution >= 0.6 is 0 Å². The average molecular weight is 330 g/mol. The maximum absolute atomic E-state index is 12.7. The zero-order valence-electron chi connectivity index (χ0n) is 14.7. The smallest absolute Gasteiger partial charge is 0.255 e. The Bertz CT molecular complexity index is 704. The lowest BCUT2D eigenvalue weighted by Gasteiger charge is -2.27. The van der Waals surface area contributed by atoms with Crippen molar-refractivity contribution in [2.45, 2.75) is 33.2 Å². The Morgan fingerprint density at radius 2 is 2.12 bits per heavy atom. The number of hydrogen-bond acceptors (Lipinski definition) is 4. The van der Waals surface area contributed by atoms with Crippen LogP contribution in [-0.4, -0.2) is 52.1 Å². The van der Waals surface area contributed by atoms with E-state index in [2.05, 4.69) is 23.8 Å². The molecule has 0 atom stereocenters. The standard InChI is InChI=1S/C18H26N4O2/c1-13(2)10-22-12-20-16-8-15(9-19-17(16)22)18(23)21(3)11-14-4-6-24-7-5-14/h8-9,12-14H,4-7,10-11H2,1-3H3. The van der Waals surface area contributed by atoms with Gasteiger partial charge in [0.05, 0.1) is 11.9 Å². The highest BCUT2D eigenvalue weighted by Gasteiger charge is 2.20. The molecule has 0 aliphatic carbocycles. The average Bonchev–Trinajstić information content (AvgIpc) is 2.96. The molecule has 1 fully saturated rings. The van der Waals surface area contributed by atoms with Gasteiger partial charge in [0.15, 0.2) is 5.65 Å². The summed E-state index contributed by atoms with van der Waals surface area (Å²) in [7, 11) is 1.86. The fourth-order valence-corrected chi connectivity index (χ4v) is 3.21. The maximum atomic E-state index is 12.7. The van der Waals surface area contributed by atoms with Crippen LogP contribution in [0.3, 0.4) is 0 Å². The first-order valence-corrected chi connectivity index (χ1v) is 8.68. The summed E-state index contributed by atoms with van der Waals surface area (Å²) in [6, 6.07) is 1.85. The van der Waals surface area contributed by atoms with Crippen molar-refractivity contribution in [1.29, 1.82) is 0 Å². The van der Waals surface area contributed by atoms with E-state index < -0.39 is 0 Å². The van der Waals surface area contributed by atoms with Gasteiger partial charge in [-0.05, 0) is 30.7 Å². The first kappa shape index (κ1) is 16.9. The Labute approximate surface area is 142 Å². The number of hydrogen-bond donors (Lipinski definition) is 0. The normalized spacial score (nSPS) is 16.0.